The molecule has 0 unspecified atom stereocenters. The largest absolute Gasteiger partial charge is 0.507 e. The molecule has 7 nitrogen and oxygen atoms in total. The van der Waals surface area contributed by atoms with Gasteiger partial charge in [-0.15, -0.1) is 0 Å². The number of oxazole rings is 1. The number of anilines is 1. The minimum atomic E-state index is -0.308. The molecule has 1 amide bonds. The van der Waals surface area contributed by atoms with Gasteiger partial charge in [-0.25, -0.2) is 4.98 Å². The molecular formula is C24H20N2O5. The van der Waals surface area contributed by atoms with Crippen LogP contribution in [0.3, 0.4) is 0 Å². The fraction of sp³-hybridized carbons (Fsp3) is 0.167. The van der Waals surface area contributed by atoms with Gasteiger partial charge in [-0.2, -0.15) is 0 Å². The SMILES string of the molecule is Cc1cc2nc(-c3cc(NC(=O)c4ccc5c(c4)OCCO5)ccc3O)oc2cc1C. The van der Waals surface area contributed by atoms with Gasteiger partial charge in [0.25, 0.3) is 5.91 Å². The van der Waals surface area contributed by atoms with Crippen molar-refractivity contribution in [3.8, 4) is 28.7 Å². The number of hydrogen-bond donors (Lipinski definition) is 2. The number of benzene rings is 3. The maximum absolute atomic E-state index is 12.7. The molecule has 1 aromatic heterocycles. The molecule has 0 saturated carbocycles. The first-order chi connectivity index (χ1) is 15.0. The second-order valence-corrected chi connectivity index (χ2v) is 7.47. The molecule has 31 heavy (non-hydrogen) atoms. The van der Waals surface area contributed by atoms with Crippen LogP contribution in [0.25, 0.3) is 22.6 Å². The van der Waals surface area contributed by atoms with Gasteiger partial charge in [-0.3, -0.25) is 4.79 Å². The lowest BCUT2D eigenvalue weighted by molar-refractivity contribution is 0.102. The van der Waals surface area contributed by atoms with Crippen molar-refractivity contribution in [3.05, 3.63) is 65.2 Å². The van der Waals surface area contributed by atoms with Crippen LogP contribution in [0.5, 0.6) is 17.2 Å². The Balaban J connectivity index is 1.44. The van der Waals surface area contributed by atoms with Gasteiger partial charge in [0.05, 0.1) is 5.56 Å². The number of aryl methyl sites for hydroxylation is 2. The van der Waals surface area contributed by atoms with Gasteiger partial charge in [0.1, 0.15) is 24.5 Å². The summed E-state index contributed by atoms with van der Waals surface area (Å²) in [5.41, 5.74) is 4.89. The lowest BCUT2D eigenvalue weighted by Gasteiger charge is -2.18. The van der Waals surface area contributed by atoms with E-state index in [2.05, 4.69) is 10.3 Å². The van der Waals surface area contributed by atoms with E-state index >= 15 is 0 Å². The molecule has 4 aromatic rings. The van der Waals surface area contributed by atoms with Crippen molar-refractivity contribution in [2.24, 2.45) is 0 Å². The van der Waals surface area contributed by atoms with Crippen LogP contribution < -0.4 is 14.8 Å². The van der Waals surface area contributed by atoms with Crippen molar-refractivity contribution in [3.63, 3.8) is 0 Å². The van der Waals surface area contributed by atoms with E-state index in [-0.39, 0.29) is 17.5 Å². The number of amides is 1. The molecule has 0 radical (unpaired) electrons. The van der Waals surface area contributed by atoms with Crippen LogP contribution in [0, 0.1) is 13.8 Å². The molecule has 0 aliphatic carbocycles. The van der Waals surface area contributed by atoms with E-state index in [1.807, 2.05) is 26.0 Å². The molecule has 156 valence electrons. The molecule has 1 aliphatic heterocycles. The number of rotatable bonds is 3. The summed E-state index contributed by atoms with van der Waals surface area (Å²) in [5, 5.41) is 13.2. The van der Waals surface area contributed by atoms with E-state index in [0.717, 1.165) is 11.1 Å². The second kappa shape index (κ2) is 7.36. The number of hydrogen-bond acceptors (Lipinski definition) is 6. The van der Waals surface area contributed by atoms with Crippen molar-refractivity contribution >= 4 is 22.7 Å². The van der Waals surface area contributed by atoms with Crippen molar-refractivity contribution in [1.29, 1.82) is 0 Å². The van der Waals surface area contributed by atoms with E-state index in [4.69, 9.17) is 13.9 Å². The van der Waals surface area contributed by atoms with Gasteiger partial charge in [0, 0.05) is 11.3 Å². The Hall–Kier alpha value is -4.00. The molecule has 7 heteroatoms. The van der Waals surface area contributed by atoms with E-state index in [1.165, 1.54) is 6.07 Å². The zero-order valence-electron chi connectivity index (χ0n) is 17.1. The fourth-order valence-electron chi connectivity index (χ4n) is 3.47. The number of nitrogens with one attached hydrogen (secondary N) is 1. The Morgan fingerprint density at radius 2 is 1.74 bits per heavy atom. The highest BCUT2D eigenvalue weighted by atomic mass is 16.6. The number of nitrogens with zero attached hydrogens (tertiary/aromatic N) is 1. The zero-order chi connectivity index (χ0) is 21.5. The molecule has 0 spiro atoms. The molecule has 2 N–H and O–H groups in total. The van der Waals surface area contributed by atoms with Gasteiger partial charge >= 0.3 is 0 Å². The summed E-state index contributed by atoms with van der Waals surface area (Å²) in [4.78, 5) is 17.2. The smallest absolute Gasteiger partial charge is 0.255 e. The fourth-order valence-corrected chi connectivity index (χ4v) is 3.47. The molecule has 5 rings (SSSR count). The summed E-state index contributed by atoms with van der Waals surface area (Å²) in [7, 11) is 0. The number of phenols is 1. The van der Waals surface area contributed by atoms with Crippen molar-refractivity contribution in [2.45, 2.75) is 13.8 Å². The third kappa shape index (κ3) is 3.54. The summed E-state index contributed by atoms with van der Waals surface area (Å²) < 4.78 is 16.9. The van der Waals surface area contributed by atoms with Crippen LogP contribution >= 0.6 is 0 Å². The Bertz CT molecular complexity index is 1290. The molecule has 1 aliphatic rings. The van der Waals surface area contributed by atoms with Gasteiger partial charge in [0.15, 0.2) is 17.1 Å². The predicted octanol–water partition coefficient (Wildman–Crippen LogP) is 4.84. The van der Waals surface area contributed by atoms with Crippen LogP contribution in [0.4, 0.5) is 5.69 Å². The molecule has 2 heterocycles. The number of aromatic nitrogens is 1. The number of ether oxygens (including phenoxy) is 2. The van der Waals surface area contributed by atoms with Gasteiger partial charge in [0.2, 0.25) is 5.89 Å². The van der Waals surface area contributed by atoms with Gasteiger partial charge in [-0.05, 0) is 73.5 Å². The first kappa shape index (κ1) is 19.0. The highest BCUT2D eigenvalue weighted by molar-refractivity contribution is 6.05. The average molecular weight is 416 g/mol. The maximum Gasteiger partial charge on any atom is 0.255 e. The van der Waals surface area contributed by atoms with Crippen LogP contribution in [0.15, 0.2) is 52.9 Å². The minimum absolute atomic E-state index is 0.0114. The number of fused-ring (bicyclic) bond motifs is 2. The number of carbonyl (C=O) groups excluding carboxylic acids is 1. The highest BCUT2D eigenvalue weighted by Crippen LogP contribution is 2.35. The lowest BCUT2D eigenvalue weighted by atomic mass is 10.1. The summed E-state index contributed by atoms with van der Waals surface area (Å²) >= 11 is 0. The molecule has 3 aromatic carbocycles. The quantitative estimate of drug-likeness (QED) is 0.464. The summed E-state index contributed by atoms with van der Waals surface area (Å²) in [6.45, 7) is 4.95. The van der Waals surface area contributed by atoms with E-state index in [0.29, 0.717) is 52.6 Å². The third-order valence-electron chi connectivity index (χ3n) is 5.29. The van der Waals surface area contributed by atoms with Crippen LogP contribution in [0.2, 0.25) is 0 Å². The standard InChI is InChI=1S/C24H20N2O5/c1-13-9-18-21(10-14(13)2)31-24(26-18)17-12-16(4-5-19(17)27)25-23(28)15-3-6-20-22(11-15)30-8-7-29-20/h3-6,9-12,27H,7-8H2,1-2H3,(H,25,28). The van der Waals surface area contributed by atoms with Crippen molar-refractivity contribution in [1.82, 2.24) is 4.98 Å². The molecular weight excluding hydrogens is 396 g/mol. The van der Waals surface area contributed by atoms with Crippen molar-refractivity contribution in [2.75, 3.05) is 18.5 Å². The summed E-state index contributed by atoms with van der Waals surface area (Å²) in [6.07, 6.45) is 0. The molecule has 0 fully saturated rings. The second-order valence-electron chi connectivity index (χ2n) is 7.47. The molecule has 0 bridgehead atoms. The number of aromatic hydroxyl groups is 1. The van der Waals surface area contributed by atoms with Crippen LogP contribution in [0.1, 0.15) is 21.5 Å². The normalized spacial score (nSPS) is 12.7. The van der Waals surface area contributed by atoms with Crippen LogP contribution in [-0.2, 0) is 0 Å². The summed E-state index contributed by atoms with van der Waals surface area (Å²) in [5.74, 6) is 1.15. The maximum atomic E-state index is 12.7. The first-order valence-corrected chi connectivity index (χ1v) is 9.90. The molecule has 0 saturated heterocycles. The molecule has 0 atom stereocenters. The van der Waals surface area contributed by atoms with Gasteiger partial charge < -0.3 is 24.3 Å². The first-order valence-electron chi connectivity index (χ1n) is 9.90. The van der Waals surface area contributed by atoms with E-state index in [9.17, 15) is 9.90 Å². The lowest BCUT2D eigenvalue weighted by Crippen LogP contribution is -2.17. The minimum Gasteiger partial charge on any atom is -0.507 e. The van der Waals surface area contributed by atoms with Gasteiger partial charge in [-0.1, -0.05) is 0 Å². The number of phenolic OH excluding ortho intramolecular Hbond substituents is 1. The average Bonchev–Trinajstić information content (AvgIpc) is 3.17. The highest BCUT2D eigenvalue weighted by Gasteiger charge is 2.17. The zero-order valence-corrected chi connectivity index (χ0v) is 17.1. The monoisotopic (exact) mass is 416 g/mol. The Morgan fingerprint density at radius 3 is 2.58 bits per heavy atom. The van der Waals surface area contributed by atoms with Crippen LogP contribution in [-0.4, -0.2) is 29.2 Å². The third-order valence-corrected chi connectivity index (χ3v) is 5.29. The summed E-state index contributed by atoms with van der Waals surface area (Å²) in [6, 6.07) is 13.7. The Labute approximate surface area is 178 Å². The topological polar surface area (TPSA) is 93.8 Å². The Kier molecular flexibility index (Phi) is 4.51. The predicted molar refractivity (Wildman–Crippen MR) is 116 cm³/mol. The van der Waals surface area contributed by atoms with E-state index in [1.54, 1.807) is 30.3 Å². The van der Waals surface area contributed by atoms with Crippen molar-refractivity contribution < 1.29 is 23.8 Å². The van der Waals surface area contributed by atoms with E-state index < -0.39 is 0 Å². The number of carbonyl (C=O) groups is 1. The Morgan fingerprint density at radius 1 is 0.968 bits per heavy atom.